The summed E-state index contributed by atoms with van der Waals surface area (Å²) in [5.74, 6) is 1.79. The maximum atomic E-state index is 13.9. The molecule has 0 unspecified atom stereocenters. The molecule has 204 valence electrons. The van der Waals surface area contributed by atoms with Crippen LogP contribution in [-0.4, -0.2) is 55.5 Å². The van der Waals surface area contributed by atoms with Crippen LogP contribution in [0, 0.1) is 11.8 Å². The molecule has 4 heterocycles. The molecule has 10 heteroatoms. The summed E-state index contributed by atoms with van der Waals surface area (Å²) in [5, 5.41) is 8.56. The molecule has 2 saturated carbocycles. The Hall–Kier alpha value is -2.88. The van der Waals surface area contributed by atoms with Crippen molar-refractivity contribution in [3.05, 3.63) is 41.5 Å². The number of hydrogen-bond acceptors (Lipinski definition) is 6. The number of morpholine rings is 1. The van der Waals surface area contributed by atoms with Crippen LogP contribution in [0.2, 0.25) is 0 Å². The smallest absolute Gasteiger partial charge is 0.282 e. The van der Waals surface area contributed by atoms with Gasteiger partial charge in [0.25, 0.3) is 6.43 Å². The molecule has 0 amide bonds. The van der Waals surface area contributed by atoms with Gasteiger partial charge in [0.2, 0.25) is 0 Å². The van der Waals surface area contributed by atoms with Gasteiger partial charge in [0, 0.05) is 37.5 Å². The summed E-state index contributed by atoms with van der Waals surface area (Å²) in [7, 11) is 0. The number of halogens is 2. The Morgan fingerprint density at radius 2 is 2.00 bits per heavy atom. The average molecular weight is 527 g/mol. The Balaban J connectivity index is 1.22. The van der Waals surface area contributed by atoms with Crippen molar-refractivity contribution in [2.45, 2.75) is 83.3 Å². The summed E-state index contributed by atoms with van der Waals surface area (Å²) in [6, 6.07) is 2.00. The van der Waals surface area contributed by atoms with Crippen molar-refractivity contribution in [2.75, 3.05) is 24.6 Å². The number of alkyl halides is 2. The number of Topliss-reactive ketones (excluding diaryl/α,β-unsaturated/α-hetero) is 1. The molecule has 3 fully saturated rings. The second kappa shape index (κ2) is 10.0. The molecule has 0 aromatic carbocycles. The molecule has 0 N–H and O–H groups in total. The highest BCUT2D eigenvalue weighted by Crippen LogP contribution is 2.39. The first-order chi connectivity index (χ1) is 18.3. The normalized spacial score (nSPS) is 23.5. The minimum Gasteiger partial charge on any atom is -0.371 e. The average Bonchev–Trinajstić information content (AvgIpc) is 3.52. The molecule has 3 aromatic heterocycles. The lowest BCUT2D eigenvalue weighted by atomic mass is 9.79. The minimum absolute atomic E-state index is 0.0786. The van der Waals surface area contributed by atoms with Crippen molar-refractivity contribution in [2.24, 2.45) is 11.8 Å². The molecular formula is C28H36F2N6O2. The van der Waals surface area contributed by atoms with Crippen molar-refractivity contribution >= 4 is 17.2 Å². The van der Waals surface area contributed by atoms with Crippen LogP contribution in [0.5, 0.6) is 0 Å². The zero-order valence-corrected chi connectivity index (χ0v) is 22.2. The van der Waals surface area contributed by atoms with E-state index in [0.29, 0.717) is 29.7 Å². The van der Waals surface area contributed by atoms with E-state index in [1.54, 1.807) is 21.6 Å². The summed E-state index contributed by atoms with van der Waals surface area (Å²) in [4.78, 5) is 20.4. The number of ether oxygens (including phenoxy) is 1. The van der Waals surface area contributed by atoms with Crippen molar-refractivity contribution in [1.29, 1.82) is 0 Å². The van der Waals surface area contributed by atoms with E-state index < -0.39 is 6.43 Å². The van der Waals surface area contributed by atoms with Crippen LogP contribution >= 0.6 is 0 Å². The second-order valence-corrected chi connectivity index (χ2v) is 11.7. The van der Waals surface area contributed by atoms with Gasteiger partial charge in [0.1, 0.15) is 11.5 Å². The number of ketones is 1. The Kier molecular flexibility index (Phi) is 6.70. The van der Waals surface area contributed by atoms with E-state index >= 15 is 0 Å². The van der Waals surface area contributed by atoms with Gasteiger partial charge in [0.15, 0.2) is 11.4 Å². The summed E-state index contributed by atoms with van der Waals surface area (Å²) < 4.78 is 37.2. The number of rotatable bonds is 7. The van der Waals surface area contributed by atoms with Gasteiger partial charge in [-0.05, 0) is 62.8 Å². The van der Waals surface area contributed by atoms with Gasteiger partial charge in [0.05, 0.1) is 30.0 Å². The van der Waals surface area contributed by atoms with Crippen LogP contribution in [-0.2, 0) is 11.2 Å². The number of aromatic nitrogens is 5. The van der Waals surface area contributed by atoms with Gasteiger partial charge in [-0.2, -0.15) is 10.2 Å². The third kappa shape index (κ3) is 4.72. The van der Waals surface area contributed by atoms with Crippen LogP contribution in [0.1, 0.15) is 92.9 Å². The van der Waals surface area contributed by atoms with E-state index in [9.17, 15) is 13.6 Å². The summed E-state index contributed by atoms with van der Waals surface area (Å²) in [5.41, 5.74) is 0.689. The van der Waals surface area contributed by atoms with Crippen molar-refractivity contribution in [3.8, 4) is 0 Å². The molecule has 2 aliphatic carbocycles. The first kappa shape index (κ1) is 25.4. The van der Waals surface area contributed by atoms with E-state index in [0.717, 1.165) is 57.4 Å². The van der Waals surface area contributed by atoms with Gasteiger partial charge < -0.3 is 9.64 Å². The standard InChI is InChI=1S/C28H36F2N6O2/c1-18(2)19-4-6-21(7-5-19)36-16-20(25(33-36)26(29)30)14-23(37)22-15-31-35-11-8-24(32-27(22)35)34-12-13-38-28(17-34)9-3-10-28/h8,11,15-16,18-19,21,26H,3-7,9-10,12-14,17H2,1-2H3. The molecule has 1 saturated heterocycles. The van der Waals surface area contributed by atoms with E-state index in [1.807, 2.05) is 6.07 Å². The predicted octanol–water partition coefficient (Wildman–Crippen LogP) is 5.44. The maximum absolute atomic E-state index is 13.9. The fourth-order valence-electron chi connectivity index (χ4n) is 6.40. The number of anilines is 1. The largest absolute Gasteiger partial charge is 0.371 e. The van der Waals surface area contributed by atoms with E-state index in [2.05, 4.69) is 28.9 Å². The Labute approximate surface area is 221 Å². The molecule has 1 spiro atoms. The van der Waals surface area contributed by atoms with Crippen molar-refractivity contribution < 1.29 is 18.3 Å². The number of hydrogen-bond donors (Lipinski definition) is 0. The molecule has 8 nitrogen and oxygen atoms in total. The molecule has 1 aliphatic heterocycles. The first-order valence-electron chi connectivity index (χ1n) is 13.9. The van der Waals surface area contributed by atoms with Crippen LogP contribution in [0.4, 0.5) is 14.6 Å². The van der Waals surface area contributed by atoms with E-state index in [-0.39, 0.29) is 35.1 Å². The topological polar surface area (TPSA) is 77.5 Å². The highest BCUT2D eigenvalue weighted by Gasteiger charge is 2.42. The lowest BCUT2D eigenvalue weighted by Gasteiger charge is -2.48. The molecule has 3 aromatic rings. The van der Waals surface area contributed by atoms with Crippen LogP contribution in [0.15, 0.2) is 24.7 Å². The van der Waals surface area contributed by atoms with Crippen LogP contribution < -0.4 is 4.90 Å². The Morgan fingerprint density at radius 1 is 1.21 bits per heavy atom. The number of carbonyl (C=O) groups is 1. The van der Waals surface area contributed by atoms with Crippen molar-refractivity contribution in [1.82, 2.24) is 24.4 Å². The van der Waals surface area contributed by atoms with Gasteiger partial charge in [-0.15, -0.1) is 0 Å². The zero-order valence-electron chi connectivity index (χ0n) is 22.2. The Bertz CT molecular complexity index is 1310. The predicted molar refractivity (Wildman–Crippen MR) is 139 cm³/mol. The highest BCUT2D eigenvalue weighted by atomic mass is 19.3. The highest BCUT2D eigenvalue weighted by molar-refractivity contribution is 6.02. The molecular weight excluding hydrogens is 490 g/mol. The fourth-order valence-corrected chi connectivity index (χ4v) is 6.40. The first-order valence-corrected chi connectivity index (χ1v) is 13.9. The minimum atomic E-state index is -2.74. The fraction of sp³-hybridized carbons (Fsp3) is 0.643. The van der Waals surface area contributed by atoms with Gasteiger partial charge in [-0.25, -0.2) is 18.3 Å². The summed E-state index contributed by atoms with van der Waals surface area (Å²) in [6.45, 7) is 6.64. The SMILES string of the molecule is CC(C)C1CCC(n2cc(CC(=O)c3cnn4ccc(N5CCOC6(CCC6)C5)nc34)c(C(F)F)n2)CC1. The molecule has 6 rings (SSSR count). The molecule has 3 aliphatic rings. The summed E-state index contributed by atoms with van der Waals surface area (Å²) in [6.07, 6.45) is 9.33. The van der Waals surface area contributed by atoms with Crippen LogP contribution in [0.25, 0.3) is 5.65 Å². The van der Waals surface area contributed by atoms with E-state index in [4.69, 9.17) is 9.72 Å². The Morgan fingerprint density at radius 3 is 2.68 bits per heavy atom. The molecule has 0 bridgehead atoms. The lowest BCUT2D eigenvalue weighted by molar-refractivity contribution is -0.106. The number of carbonyl (C=O) groups excluding carboxylic acids is 1. The third-order valence-corrected chi connectivity index (χ3v) is 8.95. The molecule has 0 atom stereocenters. The van der Waals surface area contributed by atoms with E-state index in [1.165, 1.54) is 12.6 Å². The van der Waals surface area contributed by atoms with Crippen LogP contribution in [0.3, 0.4) is 0 Å². The zero-order chi connectivity index (χ0) is 26.4. The monoisotopic (exact) mass is 526 g/mol. The summed E-state index contributed by atoms with van der Waals surface area (Å²) >= 11 is 0. The van der Waals surface area contributed by atoms with Gasteiger partial charge >= 0.3 is 0 Å². The number of fused-ring (bicyclic) bond motifs is 1. The quantitative estimate of drug-likeness (QED) is 0.382. The third-order valence-electron chi connectivity index (χ3n) is 8.95. The maximum Gasteiger partial charge on any atom is 0.282 e. The second-order valence-electron chi connectivity index (χ2n) is 11.7. The molecule has 0 radical (unpaired) electrons. The molecule has 38 heavy (non-hydrogen) atoms. The van der Waals surface area contributed by atoms with Gasteiger partial charge in [-0.1, -0.05) is 13.8 Å². The lowest BCUT2D eigenvalue weighted by Crippen LogP contribution is -2.56. The van der Waals surface area contributed by atoms with Gasteiger partial charge in [-0.3, -0.25) is 9.48 Å². The van der Waals surface area contributed by atoms with Crippen molar-refractivity contribution in [3.63, 3.8) is 0 Å². The number of nitrogens with zero attached hydrogens (tertiary/aromatic N) is 6.